The molecule has 6 nitrogen and oxygen atoms in total. The minimum atomic E-state index is 0.459. The highest BCUT2D eigenvalue weighted by atomic mass is 15.1. The Bertz CT molecular complexity index is 914. The van der Waals surface area contributed by atoms with E-state index in [1.54, 1.807) is 12.5 Å². The Balaban J connectivity index is 1.59. The number of rotatable bonds is 4. The van der Waals surface area contributed by atoms with E-state index in [4.69, 9.17) is 5.73 Å². The molecule has 0 bridgehead atoms. The quantitative estimate of drug-likeness (QED) is 0.739. The first-order valence-electron chi connectivity index (χ1n) is 9.50. The highest BCUT2D eigenvalue weighted by molar-refractivity contribution is 5.92. The van der Waals surface area contributed by atoms with Gasteiger partial charge in [-0.25, -0.2) is 15.0 Å². The Hall–Kier alpha value is -2.73. The van der Waals surface area contributed by atoms with Crippen molar-refractivity contribution in [1.82, 2.24) is 19.9 Å². The number of hydrogen-bond acceptors (Lipinski definition) is 6. The maximum Gasteiger partial charge on any atom is 0.137 e. The lowest BCUT2D eigenvalue weighted by atomic mass is 9.90. The number of nitrogens with one attached hydrogen (secondary N) is 1. The molecule has 6 heteroatoms. The zero-order valence-electron chi connectivity index (χ0n) is 15.9. The third-order valence-corrected chi connectivity index (χ3v) is 5.52. The summed E-state index contributed by atoms with van der Waals surface area (Å²) in [7, 11) is 4.34. The monoisotopic (exact) mass is 362 g/mol. The molecule has 0 saturated heterocycles. The van der Waals surface area contributed by atoms with E-state index >= 15 is 0 Å². The molecule has 2 heterocycles. The van der Waals surface area contributed by atoms with E-state index in [2.05, 4.69) is 51.4 Å². The van der Waals surface area contributed by atoms with Gasteiger partial charge in [0.15, 0.2) is 0 Å². The Kier molecular flexibility index (Phi) is 4.90. The van der Waals surface area contributed by atoms with Gasteiger partial charge in [-0.15, -0.1) is 0 Å². The smallest absolute Gasteiger partial charge is 0.137 e. The Labute approximate surface area is 159 Å². The standard InChI is InChI=1S/C21H26N6/c1-27(2)17-7-5-16(6-8-17)26-21-18-11-14(3-9-19(18)24-13-25-21)15-4-10-20(22)23-12-15/h3-4,9-13,16-17H,5-8H2,1-2H3,(H2,22,23)(H,24,25,26)/t16-,17-. The number of aromatic nitrogens is 3. The van der Waals surface area contributed by atoms with Crippen LogP contribution < -0.4 is 11.1 Å². The van der Waals surface area contributed by atoms with Crippen LogP contribution in [0.4, 0.5) is 11.6 Å². The summed E-state index contributed by atoms with van der Waals surface area (Å²) in [5.74, 6) is 1.44. The van der Waals surface area contributed by atoms with Gasteiger partial charge in [-0.1, -0.05) is 6.07 Å². The minimum absolute atomic E-state index is 0.459. The van der Waals surface area contributed by atoms with E-state index in [-0.39, 0.29) is 0 Å². The zero-order chi connectivity index (χ0) is 18.8. The number of nitrogens with two attached hydrogens (primary N) is 1. The Morgan fingerprint density at radius 1 is 0.963 bits per heavy atom. The molecule has 0 spiro atoms. The Morgan fingerprint density at radius 3 is 2.44 bits per heavy atom. The predicted molar refractivity (Wildman–Crippen MR) is 111 cm³/mol. The number of fused-ring (bicyclic) bond motifs is 1. The first kappa shape index (κ1) is 17.7. The summed E-state index contributed by atoms with van der Waals surface area (Å²) in [5, 5.41) is 4.71. The summed E-state index contributed by atoms with van der Waals surface area (Å²) < 4.78 is 0. The maximum atomic E-state index is 5.71. The zero-order valence-corrected chi connectivity index (χ0v) is 15.9. The van der Waals surface area contributed by atoms with Crippen LogP contribution in [0.1, 0.15) is 25.7 Å². The molecule has 27 heavy (non-hydrogen) atoms. The van der Waals surface area contributed by atoms with E-state index < -0.39 is 0 Å². The number of benzene rings is 1. The van der Waals surface area contributed by atoms with Crippen molar-refractivity contribution in [2.45, 2.75) is 37.8 Å². The molecule has 3 aromatic rings. The highest BCUT2D eigenvalue weighted by Crippen LogP contribution is 2.29. The van der Waals surface area contributed by atoms with Crippen molar-refractivity contribution in [3.63, 3.8) is 0 Å². The molecular weight excluding hydrogens is 336 g/mol. The van der Waals surface area contributed by atoms with E-state index in [0.717, 1.165) is 40.7 Å². The highest BCUT2D eigenvalue weighted by Gasteiger charge is 2.23. The van der Waals surface area contributed by atoms with Gasteiger partial charge < -0.3 is 16.0 Å². The van der Waals surface area contributed by atoms with Gasteiger partial charge in [0, 0.05) is 29.2 Å². The first-order chi connectivity index (χ1) is 13.1. The van der Waals surface area contributed by atoms with Crippen LogP contribution in [0.25, 0.3) is 22.0 Å². The molecule has 3 N–H and O–H groups in total. The summed E-state index contributed by atoms with van der Waals surface area (Å²) in [6, 6.07) is 11.2. The molecule has 0 unspecified atom stereocenters. The number of nitrogen functional groups attached to an aromatic ring is 1. The van der Waals surface area contributed by atoms with Gasteiger partial charge in [-0.05, 0) is 69.6 Å². The molecule has 1 aliphatic carbocycles. The second kappa shape index (κ2) is 7.48. The van der Waals surface area contributed by atoms with Crippen molar-refractivity contribution in [3.05, 3.63) is 42.9 Å². The van der Waals surface area contributed by atoms with Crippen molar-refractivity contribution < 1.29 is 0 Å². The third-order valence-electron chi connectivity index (χ3n) is 5.52. The van der Waals surface area contributed by atoms with Gasteiger partial charge >= 0.3 is 0 Å². The number of anilines is 2. The summed E-state index contributed by atoms with van der Waals surface area (Å²) in [6.07, 6.45) is 8.20. The molecule has 140 valence electrons. The lowest BCUT2D eigenvalue weighted by Crippen LogP contribution is -2.36. The topological polar surface area (TPSA) is 80.0 Å². The van der Waals surface area contributed by atoms with Gasteiger partial charge in [0.1, 0.15) is 18.0 Å². The van der Waals surface area contributed by atoms with Gasteiger partial charge in [0.25, 0.3) is 0 Å². The molecule has 1 fully saturated rings. The van der Waals surface area contributed by atoms with Crippen LogP contribution in [-0.4, -0.2) is 46.0 Å². The molecule has 0 aliphatic heterocycles. The SMILES string of the molecule is CN(C)[C@H]1CC[C@H](Nc2ncnc3ccc(-c4ccc(N)nc4)cc23)CC1. The molecule has 0 atom stereocenters. The average molecular weight is 362 g/mol. The van der Waals surface area contributed by atoms with Gasteiger partial charge in [-0.3, -0.25) is 0 Å². The molecular formula is C21H26N6. The summed E-state index contributed by atoms with van der Waals surface area (Å²) in [4.78, 5) is 15.5. The molecule has 1 aliphatic rings. The van der Waals surface area contributed by atoms with E-state index in [1.807, 2.05) is 18.2 Å². The van der Waals surface area contributed by atoms with E-state index in [9.17, 15) is 0 Å². The Morgan fingerprint density at radius 2 is 1.74 bits per heavy atom. The van der Waals surface area contributed by atoms with E-state index in [1.165, 1.54) is 12.8 Å². The number of hydrogen-bond donors (Lipinski definition) is 2. The van der Waals surface area contributed by atoms with Crippen LogP contribution in [0.5, 0.6) is 0 Å². The van der Waals surface area contributed by atoms with Crippen LogP contribution in [0.15, 0.2) is 42.9 Å². The lowest BCUT2D eigenvalue weighted by Gasteiger charge is -2.33. The second-order valence-electron chi connectivity index (χ2n) is 7.54. The molecule has 0 amide bonds. The fraction of sp³-hybridized carbons (Fsp3) is 0.381. The van der Waals surface area contributed by atoms with Crippen LogP contribution in [0.3, 0.4) is 0 Å². The van der Waals surface area contributed by atoms with Crippen molar-refractivity contribution >= 4 is 22.5 Å². The van der Waals surface area contributed by atoms with Crippen LogP contribution in [-0.2, 0) is 0 Å². The summed E-state index contributed by atoms with van der Waals surface area (Å²) in [6.45, 7) is 0. The predicted octanol–water partition coefficient (Wildman–Crippen LogP) is 3.56. The third kappa shape index (κ3) is 3.85. The number of nitrogens with zero attached hydrogens (tertiary/aromatic N) is 4. The second-order valence-corrected chi connectivity index (χ2v) is 7.54. The summed E-state index contributed by atoms with van der Waals surface area (Å²) >= 11 is 0. The van der Waals surface area contributed by atoms with E-state index in [0.29, 0.717) is 17.9 Å². The van der Waals surface area contributed by atoms with Crippen LogP contribution in [0.2, 0.25) is 0 Å². The first-order valence-corrected chi connectivity index (χ1v) is 9.50. The fourth-order valence-corrected chi connectivity index (χ4v) is 3.86. The van der Waals surface area contributed by atoms with Crippen molar-refractivity contribution in [2.24, 2.45) is 0 Å². The maximum absolute atomic E-state index is 5.71. The average Bonchev–Trinajstić information content (AvgIpc) is 2.69. The minimum Gasteiger partial charge on any atom is -0.384 e. The molecule has 1 saturated carbocycles. The lowest BCUT2D eigenvalue weighted by molar-refractivity contribution is 0.221. The molecule has 0 radical (unpaired) electrons. The number of pyridine rings is 1. The van der Waals surface area contributed by atoms with Crippen molar-refractivity contribution in [2.75, 3.05) is 25.1 Å². The van der Waals surface area contributed by atoms with Crippen LogP contribution in [0, 0.1) is 0 Å². The van der Waals surface area contributed by atoms with Crippen molar-refractivity contribution in [1.29, 1.82) is 0 Å². The van der Waals surface area contributed by atoms with Crippen molar-refractivity contribution in [3.8, 4) is 11.1 Å². The normalized spacial score (nSPS) is 20.1. The summed E-state index contributed by atoms with van der Waals surface area (Å²) in [5.41, 5.74) is 8.78. The molecule has 1 aromatic carbocycles. The van der Waals surface area contributed by atoms with Gasteiger partial charge in [-0.2, -0.15) is 0 Å². The van der Waals surface area contributed by atoms with Gasteiger partial charge in [0.05, 0.1) is 5.52 Å². The fourth-order valence-electron chi connectivity index (χ4n) is 3.86. The van der Waals surface area contributed by atoms with Gasteiger partial charge in [0.2, 0.25) is 0 Å². The largest absolute Gasteiger partial charge is 0.384 e. The molecule has 2 aromatic heterocycles. The molecule has 4 rings (SSSR count). The van der Waals surface area contributed by atoms with Crippen LogP contribution >= 0.6 is 0 Å².